The van der Waals surface area contributed by atoms with E-state index in [1.807, 2.05) is 0 Å². The molecule has 0 amide bonds. The van der Waals surface area contributed by atoms with Crippen LogP contribution in [0.1, 0.15) is 5.56 Å². The fraction of sp³-hybridized carbons (Fsp3) is 0.133. The summed E-state index contributed by atoms with van der Waals surface area (Å²) in [7, 11) is -3.86. The molecule has 24 heavy (non-hydrogen) atoms. The van der Waals surface area contributed by atoms with E-state index in [2.05, 4.69) is 20.7 Å². The second-order valence-corrected chi connectivity index (χ2v) is 7.73. The van der Waals surface area contributed by atoms with Crippen molar-refractivity contribution in [1.29, 1.82) is 0 Å². The summed E-state index contributed by atoms with van der Waals surface area (Å²) < 4.78 is 45.2. The highest BCUT2D eigenvalue weighted by Crippen LogP contribution is 2.20. The van der Waals surface area contributed by atoms with Crippen LogP contribution in [0.15, 0.2) is 51.8 Å². The molecule has 0 aliphatic rings. The molecule has 5 nitrogen and oxygen atoms in total. The van der Waals surface area contributed by atoms with Crippen LogP contribution in [-0.2, 0) is 26.2 Å². The van der Waals surface area contributed by atoms with Crippen molar-refractivity contribution in [2.45, 2.75) is 11.5 Å². The van der Waals surface area contributed by atoms with Crippen LogP contribution in [0.2, 0.25) is 5.02 Å². The number of esters is 1. The number of carbonyl (C=O) groups excluding carboxylic acids is 1. The second-order valence-electron chi connectivity index (χ2n) is 4.64. The zero-order valence-corrected chi connectivity index (χ0v) is 15.3. The van der Waals surface area contributed by atoms with E-state index >= 15 is 0 Å². The maximum Gasteiger partial charge on any atom is 0.321 e. The van der Waals surface area contributed by atoms with Gasteiger partial charge in [-0.25, -0.2) is 12.8 Å². The van der Waals surface area contributed by atoms with Gasteiger partial charge in [0.2, 0.25) is 10.0 Å². The molecule has 0 radical (unpaired) electrons. The first-order chi connectivity index (χ1) is 11.3. The fourth-order valence-corrected chi connectivity index (χ4v) is 3.53. The molecule has 0 saturated heterocycles. The van der Waals surface area contributed by atoms with Crippen LogP contribution in [0.5, 0.6) is 0 Å². The van der Waals surface area contributed by atoms with Gasteiger partial charge in [-0.15, -0.1) is 0 Å². The number of carbonyl (C=O) groups is 1. The van der Waals surface area contributed by atoms with E-state index < -0.39 is 28.4 Å². The molecule has 0 aromatic heterocycles. The highest BCUT2D eigenvalue weighted by atomic mass is 79.9. The lowest BCUT2D eigenvalue weighted by Gasteiger charge is -2.09. The van der Waals surface area contributed by atoms with Crippen LogP contribution in [0.25, 0.3) is 0 Å². The number of sulfonamides is 1. The van der Waals surface area contributed by atoms with Gasteiger partial charge in [0, 0.05) is 10.0 Å². The molecule has 0 heterocycles. The Morgan fingerprint density at radius 2 is 1.96 bits per heavy atom. The minimum absolute atomic E-state index is 0.00169. The van der Waals surface area contributed by atoms with E-state index in [1.165, 1.54) is 30.3 Å². The van der Waals surface area contributed by atoms with Gasteiger partial charge in [-0.2, -0.15) is 4.72 Å². The van der Waals surface area contributed by atoms with Gasteiger partial charge in [0.05, 0.1) is 9.92 Å². The monoisotopic (exact) mass is 435 g/mol. The molecule has 0 spiro atoms. The van der Waals surface area contributed by atoms with Crippen LogP contribution in [-0.4, -0.2) is 20.9 Å². The average molecular weight is 437 g/mol. The largest absolute Gasteiger partial charge is 0.460 e. The smallest absolute Gasteiger partial charge is 0.321 e. The topological polar surface area (TPSA) is 72.5 Å². The lowest BCUT2D eigenvalue weighted by atomic mass is 10.2. The minimum atomic E-state index is -3.86. The molecule has 9 heteroatoms. The van der Waals surface area contributed by atoms with Gasteiger partial charge in [-0.1, -0.05) is 39.7 Å². The van der Waals surface area contributed by atoms with Crippen molar-refractivity contribution in [3.8, 4) is 0 Å². The summed E-state index contributed by atoms with van der Waals surface area (Å²) >= 11 is 8.98. The van der Waals surface area contributed by atoms with Gasteiger partial charge in [0.25, 0.3) is 0 Å². The number of halogens is 3. The second kappa shape index (κ2) is 8.06. The number of hydrogen-bond acceptors (Lipinski definition) is 4. The molecule has 2 rings (SSSR count). The Bertz CT molecular complexity index is 840. The molecule has 0 atom stereocenters. The van der Waals surface area contributed by atoms with Crippen LogP contribution in [0.3, 0.4) is 0 Å². The quantitative estimate of drug-likeness (QED) is 0.706. The number of ether oxygens (including phenoxy) is 1. The Morgan fingerprint density at radius 3 is 2.62 bits per heavy atom. The maximum absolute atomic E-state index is 13.5. The van der Waals surface area contributed by atoms with Gasteiger partial charge in [0.15, 0.2) is 0 Å². The van der Waals surface area contributed by atoms with Crippen LogP contribution < -0.4 is 4.72 Å². The summed E-state index contributed by atoms with van der Waals surface area (Å²) in [4.78, 5) is 11.7. The first kappa shape index (κ1) is 18.9. The Labute approximate surface area is 152 Å². The molecule has 1 N–H and O–H groups in total. The highest BCUT2D eigenvalue weighted by molar-refractivity contribution is 9.10. The molecular formula is C15H12BrClFNO4S. The number of benzene rings is 2. The van der Waals surface area contributed by atoms with Crippen LogP contribution >= 0.6 is 27.5 Å². The zero-order valence-electron chi connectivity index (χ0n) is 12.1. The Balaban J connectivity index is 1.94. The summed E-state index contributed by atoms with van der Waals surface area (Å²) in [5.41, 5.74) is 0.0300. The number of rotatable bonds is 6. The van der Waals surface area contributed by atoms with E-state index in [1.54, 1.807) is 12.1 Å². The average Bonchev–Trinajstić information content (AvgIpc) is 2.52. The third kappa shape index (κ3) is 5.01. The summed E-state index contributed by atoms with van der Waals surface area (Å²) in [6.07, 6.45) is 0. The van der Waals surface area contributed by atoms with Gasteiger partial charge in [0.1, 0.15) is 19.0 Å². The molecule has 0 unspecified atom stereocenters. The molecule has 0 aliphatic heterocycles. The standard InChI is InChI=1S/C15H12BrClFNO4S/c16-10-3-1-4-11(7-10)24(21,22)19-8-15(20)23-9-12-13(17)5-2-6-14(12)18/h1-7,19H,8-9H2. The summed E-state index contributed by atoms with van der Waals surface area (Å²) in [6, 6.07) is 10.1. The predicted octanol–water partition coefficient (Wildman–Crippen LogP) is 3.26. The highest BCUT2D eigenvalue weighted by Gasteiger charge is 2.17. The van der Waals surface area contributed by atoms with Gasteiger partial charge in [-0.3, -0.25) is 4.79 Å². The van der Waals surface area contributed by atoms with Crippen LogP contribution in [0, 0.1) is 5.82 Å². The molecule has 0 saturated carbocycles. The van der Waals surface area contributed by atoms with Crippen molar-refractivity contribution in [3.05, 3.63) is 63.3 Å². The van der Waals surface area contributed by atoms with Crippen molar-refractivity contribution < 1.29 is 22.3 Å². The van der Waals surface area contributed by atoms with E-state index in [-0.39, 0.29) is 22.1 Å². The van der Waals surface area contributed by atoms with Crippen molar-refractivity contribution in [3.63, 3.8) is 0 Å². The van der Waals surface area contributed by atoms with Crippen molar-refractivity contribution in [2.75, 3.05) is 6.54 Å². The molecule has 0 bridgehead atoms. The summed E-state index contributed by atoms with van der Waals surface area (Å²) in [5, 5.41) is 0.123. The molecule has 2 aromatic carbocycles. The van der Waals surface area contributed by atoms with Crippen molar-refractivity contribution >= 4 is 43.5 Å². The first-order valence-corrected chi connectivity index (χ1v) is 9.29. The minimum Gasteiger partial charge on any atom is -0.460 e. The van der Waals surface area contributed by atoms with Gasteiger partial charge >= 0.3 is 5.97 Å². The Hall–Kier alpha value is -1.48. The van der Waals surface area contributed by atoms with E-state index in [9.17, 15) is 17.6 Å². The Kier molecular flexibility index (Phi) is 6.34. The summed E-state index contributed by atoms with van der Waals surface area (Å²) in [5.74, 6) is -1.46. The Morgan fingerprint density at radius 1 is 1.25 bits per heavy atom. The number of nitrogens with one attached hydrogen (secondary N) is 1. The SMILES string of the molecule is O=C(CNS(=O)(=O)c1cccc(Br)c1)OCc1c(F)cccc1Cl. The fourth-order valence-electron chi connectivity index (χ4n) is 1.75. The molecular weight excluding hydrogens is 425 g/mol. The maximum atomic E-state index is 13.5. The lowest BCUT2D eigenvalue weighted by Crippen LogP contribution is -2.30. The third-order valence-corrected chi connectivity index (χ3v) is 5.20. The van der Waals surface area contributed by atoms with Gasteiger partial charge < -0.3 is 4.74 Å². The number of hydrogen-bond donors (Lipinski definition) is 1. The van der Waals surface area contributed by atoms with E-state index in [0.29, 0.717) is 4.47 Å². The third-order valence-electron chi connectivity index (χ3n) is 2.95. The van der Waals surface area contributed by atoms with Gasteiger partial charge in [-0.05, 0) is 30.3 Å². The molecule has 128 valence electrons. The van der Waals surface area contributed by atoms with Crippen molar-refractivity contribution in [2.24, 2.45) is 0 Å². The van der Waals surface area contributed by atoms with Crippen LogP contribution in [0.4, 0.5) is 4.39 Å². The van der Waals surface area contributed by atoms with Crippen molar-refractivity contribution in [1.82, 2.24) is 4.72 Å². The van der Waals surface area contributed by atoms with E-state index in [0.717, 1.165) is 0 Å². The first-order valence-electron chi connectivity index (χ1n) is 6.63. The molecule has 2 aromatic rings. The summed E-state index contributed by atoms with van der Waals surface area (Å²) in [6.45, 7) is -0.968. The predicted molar refractivity (Wildman–Crippen MR) is 90.5 cm³/mol. The molecule has 0 aliphatic carbocycles. The normalized spacial score (nSPS) is 11.3. The van der Waals surface area contributed by atoms with E-state index in [4.69, 9.17) is 16.3 Å². The zero-order chi connectivity index (χ0) is 17.7. The lowest BCUT2D eigenvalue weighted by molar-refractivity contribution is -0.143. The molecule has 0 fully saturated rings.